The van der Waals surface area contributed by atoms with E-state index in [1.165, 1.54) is 45.2 Å². The number of halogens is 1. The van der Waals surface area contributed by atoms with Crippen LogP contribution in [0.2, 0.25) is 0 Å². The molecule has 0 saturated carbocycles. The zero-order valence-corrected chi connectivity index (χ0v) is 14.9. The second kappa shape index (κ2) is 7.45. The molecule has 27 heavy (non-hydrogen) atoms. The highest BCUT2D eigenvalue weighted by Crippen LogP contribution is 2.37. The standard InChI is InChI=1S/C19H17FN2O5/c1-11(23)22-19(13-7-9-14(20)10-8-13)27-18(21-22)15-5-4-6-16(25-3)17(15)26-12(2)24/h4-10,19H,1-3H3/t19-/m0/s1. The molecular formula is C19H17FN2O5. The predicted octanol–water partition coefficient (Wildman–Crippen LogP) is 3.00. The Balaban J connectivity index is 2.02. The van der Waals surface area contributed by atoms with Crippen molar-refractivity contribution in [1.82, 2.24) is 5.01 Å². The van der Waals surface area contributed by atoms with E-state index in [1.807, 2.05) is 0 Å². The van der Waals surface area contributed by atoms with Crippen LogP contribution in [0.3, 0.4) is 0 Å². The Kier molecular flexibility index (Phi) is 5.07. The molecule has 0 fully saturated rings. The van der Waals surface area contributed by atoms with Gasteiger partial charge in [-0.2, -0.15) is 5.01 Å². The third-order valence-electron chi connectivity index (χ3n) is 3.80. The number of esters is 1. The summed E-state index contributed by atoms with van der Waals surface area (Å²) >= 11 is 0. The highest BCUT2D eigenvalue weighted by molar-refractivity contribution is 6.00. The SMILES string of the molecule is COc1cccc(C2=NN(C(C)=O)[C@H](c3ccc(F)cc3)O2)c1OC(C)=O. The molecule has 0 bridgehead atoms. The quantitative estimate of drug-likeness (QED) is 0.609. The highest BCUT2D eigenvalue weighted by atomic mass is 19.1. The van der Waals surface area contributed by atoms with Gasteiger partial charge in [-0.25, -0.2) is 4.39 Å². The van der Waals surface area contributed by atoms with Gasteiger partial charge >= 0.3 is 5.97 Å². The molecule has 0 aliphatic carbocycles. The molecule has 140 valence electrons. The third-order valence-corrected chi connectivity index (χ3v) is 3.80. The summed E-state index contributed by atoms with van der Waals surface area (Å²) in [5.41, 5.74) is 0.891. The van der Waals surface area contributed by atoms with Crippen LogP contribution in [0.4, 0.5) is 4.39 Å². The molecule has 1 aliphatic heterocycles. The van der Waals surface area contributed by atoms with Crippen LogP contribution in [0, 0.1) is 5.82 Å². The fourth-order valence-electron chi connectivity index (χ4n) is 2.61. The second-order valence-corrected chi connectivity index (χ2v) is 5.72. The average molecular weight is 372 g/mol. The summed E-state index contributed by atoms with van der Waals surface area (Å²) in [6, 6.07) is 10.5. The summed E-state index contributed by atoms with van der Waals surface area (Å²) in [5.74, 6) is -0.788. The molecule has 0 aromatic heterocycles. The van der Waals surface area contributed by atoms with E-state index in [9.17, 15) is 14.0 Å². The lowest BCUT2D eigenvalue weighted by Crippen LogP contribution is -2.25. The van der Waals surface area contributed by atoms with Crippen molar-refractivity contribution in [2.75, 3.05) is 7.11 Å². The average Bonchev–Trinajstić information content (AvgIpc) is 3.07. The molecular weight excluding hydrogens is 355 g/mol. The Morgan fingerprint density at radius 3 is 2.44 bits per heavy atom. The maximum Gasteiger partial charge on any atom is 0.308 e. The van der Waals surface area contributed by atoms with Gasteiger partial charge < -0.3 is 14.2 Å². The summed E-state index contributed by atoms with van der Waals surface area (Å²) in [5, 5.41) is 5.36. The Morgan fingerprint density at radius 2 is 1.85 bits per heavy atom. The number of carbonyl (C=O) groups is 2. The first-order valence-electron chi connectivity index (χ1n) is 8.07. The van der Waals surface area contributed by atoms with Crippen molar-refractivity contribution in [3.8, 4) is 11.5 Å². The van der Waals surface area contributed by atoms with E-state index in [4.69, 9.17) is 14.2 Å². The number of hydrazone groups is 1. The first kappa shape index (κ1) is 18.4. The van der Waals surface area contributed by atoms with E-state index < -0.39 is 18.0 Å². The lowest BCUT2D eigenvalue weighted by atomic mass is 10.1. The van der Waals surface area contributed by atoms with Crippen molar-refractivity contribution in [3.63, 3.8) is 0 Å². The maximum atomic E-state index is 13.2. The summed E-state index contributed by atoms with van der Waals surface area (Å²) in [7, 11) is 1.44. The first-order valence-corrected chi connectivity index (χ1v) is 8.07. The molecule has 3 rings (SSSR count). The summed E-state index contributed by atoms with van der Waals surface area (Å²) in [4.78, 5) is 23.5. The zero-order chi connectivity index (χ0) is 19.6. The van der Waals surface area contributed by atoms with Crippen LogP contribution in [0.1, 0.15) is 31.2 Å². The molecule has 1 amide bonds. The number of amides is 1. The number of benzene rings is 2. The molecule has 7 nitrogen and oxygen atoms in total. The van der Waals surface area contributed by atoms with Gasteiger partial charge in [0.25, 0.3) is 0 Å². The summed E-state index contributed by atoms with van der Waals surface area (Å²) < 4.78 is 29.6. The van der Waals surface area contributed by atoms with Gasteiger partial charge in [0, 0.05) is 19.4 Å². The second-order valence-electron chi connectivity index (χ2n) is 5.72. The van der Waals surface area contributed by atoms with Crippen LogP contribution >= 0.6 is 0 Å². The minimum absolute atomic E-state index is 0.0784. The number of hydrogen-bond donors (Lipinski definition) is 0. The smallest absolute Gasteiger partial charge is 0.308 e. The molecule has 0 radical (unpaired) electrons. The van der Waals surface area contributed by atoms with E-state index in [1.54, 1.807) is 18.2 Å². The van der Waals surface area contributed by atoms with Gasteiger partial charge in [0.05, 0.1) is 12.7 Å². The lowest BCUT2D eigenvalue weighted by molar-refractivity contribution is -0.135. The van der Waals surface area contributed by atoms with Crippen LogP contribution in [-0.4, -0.2) is 29.9 Å². The van der Waals surface area contributed by atoms with Gasteiger partial charge in [-0.15, -0.1) is 5.10 Å². The van der Waals surface area contributed by atoms with E-state index in [2.05, 4.69) is 5.10 Å². The monoisotopic (exact) mass is 372 g/mol. The third kappa shape index (κ3) is 3.74. The number of ether oxygens (including phenoxy) is 3. The molecule has 0 N–H and O–H groups in total. The van der Waals surface area contributed by atoms with Crippen molar-refractivity contribution in [1.29, 1.82) is 0 Å². The highest BCUT2D eigenvalue weighted by Gasteiger charge is 2.35. The van der Waals surface area contributed by atoms with E-state index in [0.717, 1.165) is 5.01 Å². The van der Waals surface area contributed by atoms with Gasteiger partial charge in [0.1, 0.15) is 5.82 Å². The largest absolute Gasteiger partial charge is 0.493 e. The molecule has 1 atom stereocenters. The number of rotatable bonds is 4. The topological polar surface area (TPSA) is 77.4 Å². The van der Waals surface area contributed by atoms with E-state index in [0.29, 0.717) is 16.9 Å². The van der Waals surface area contributed by atoms with Gasteiger partial charge in [-0.05, 0) is 24.3 Å². The Labute approximate surface area is 154 Å². The van der Waals surface area contributed by atoms with Gasteiger partial charge in [-0.3, -0.25) is 9.59 Å². The number of para-hydroxylation sites is 1. The van der Waals surface area contributed by atoms with Crippen LogP contribution in [-0.2, 0) is 14.3 Å². The molecule has 2 aromatic rings. The predicted molar refractivity (Wildman–Crippen MR) is 93.6 cm³/mol. The Bertz CT molecular complexity index is 911. The number of hydrogen-bond acceptors (Lipinski definition) is 6. The van der Waals surface area contributed by atoms with Crippen molar-refractivity contribution in [2.24, 2.45) is 5.10 Å². The lowest BCUT2D eigenvalue weighted by Gasteiger charge is -2.19. The van der Waals surface area contributed by atoms with Gasteiger partial charge in [-0.1, -0.05) is 18.2 Å². The van der Waals surface area contributed by atoms with E-state index in [-0.39, 0.29) is 17.6 Å². The molecule has 0 spiro atoms. The van der Waals surface area contributed by atoms with Crippen LogP contribution in [0.25, 0.3) is 0 Å². The zero-order valence-electron chi connectivity index (χ0n) is 14.9. The van der Waals surface area contributed by atoms with Crippen molar-refractivity contribution >= 4 is 17.8 Å². The minimum atomic E-state index is -0.866. The fraction of sp³-hybridized carbons (Fsp3) is 0.211. The van der Waals surface area contributed by atoms with Gasteiger partial charge in [0.2, 0.25) is 18.0 Å². The minimum Gasteiger partial charge on any atom is -0.493 e. The molecule has 2 aromatic carbocycles. The van der Waals surface area contributed by atoms with Crippen LogP contribution in [0.15, 0.2) is 47.6 Å². The van der Waals surface area contributed by atoms with Crippen LogP contribution < -0.4 is 9.47 Å². The Morgan fingerprint density at radius 1 is 1.15 bits per heavy atom. The summed E-state index contributed by atoms with van der Waals surface area (Å²) in [6.07, 6.45) is -0.866. The van der Waals surface area contributed by atoms with Crippen LogP contribution in [0.5, 0.6) is 11.5 Å². The normalized spacial score (nSPS) is 15.8. The molecule has 1 aliphatic rings. The number of nitrogens with zero attached hydrogens (tertiary/aromatic N) is 2. The summed E-state index contributed by atoms with van der Waals surface area (Å²) in [6.45, 7) is 2.60. The van der Waals surface area contributed by atoms with Gasteiger partial charge in [0.15, 0.2) is 11.5 Å². The van der Waals surface area contributed by atoms with Crippen molar-refractivity contribution < 1.29 is 28.2 Å². The molecule has 0 saturated heterocycles. The molecule has 8 heteroatoms. The Hall–Kier alpha value is -3.42. The van der Waals surface area contributed by atoms with Crippen molar-refractivity contribution in [3.05, 3.63) is 59.4 Å². The first-order chi connectivity index (χ1) is 12.9. The number of carbonyl (C=O) groups excluding carboxylic acids is 2. The number of methoxy groups -OCH3 is 1. The van der Waals surface area contributed by atoms with Crippen molar-refractivity contribution in [2.45, 2.75) is 20.1 Å². The maximum absolute atomic E-state index is 13.2. The van der Waals surface area contributed by atoms with E-state index >= 15 is 0 Å². The molecule has 0 unspecified atom stereocenters. The fourth-order valence-corrected chi connectivity index (χ4v) is 2.61. The molecule has 1 heterocycles.